The number of anilines is 2. The molecule has 1 heterocycles. The van der Waals surface area contributed by atoms with Gasteiger partial charge in [-0.2, -0.15) is 0 Å². The Balaban J connectivity index is 1.66. The van der Waals surface area contributed by atoms with E-state index in [1.54, 1.807) is 41.3 Å². The van der Waals surface area contributed by atoms with E-state index in [0.717, 1.165) is 11.3 Å². The summed E-state index contributed by atoms with van der Waals surface area (Å²) < 4.78 is 16.1. The number of fused-ring (bicyclic) bond motifs is 1. The maximum absolute atomic E-state index is 13.4. The monoisotopic (exact) mass is 432 g/mol. The molecule has 0 spiro atoms. The Kier molecular flexibility index (Phi) is 5.98. The van der Waals surface area contributed by atoms with Gasteiger partial charge in [-0.15, -0.1) is 0 Å². The third kappa shape index (κ3) is 3.85. The Labute approximate surface area is 186 Å². The lowest BCUT2D eigenvalue weighted by Gasteiger charge is -2.25. The third-order valence-corrected chi connectivity index (χ3v) is 5.45. The van der Waals surface area contributed by atoms with E-state index in [1.165, 1.54) is 21.3 Å². The minimum absolute atomic E-state index is 0.222. The van der Waals surface area contributed by atoms with E-state index in [2.05, 4.69) is 5.32 Å². The molecule has 3 aromatic carbocycles. The lowest BCUT2D eigenvalue weighted by Crippen LogP contribution is -2.45. The fourth-order valence-corrected chi connectivity index (χ4v) is 3.95. The van der Waals surface area contributed by atoms with Crippen LogP contribution in [0.4, 0.5) is 11.4 Å². The molecular formula is C25H24N2O5. The third-order valence-electron chi connectivity index (χ3n) is 5.45. The Morgan fingerprint density at radius 2 is 1.50 bits per heavy atom. The van der Waals surface area contributed by atoms with Crippen molar-refractivity contribution in [2.45, 2.75) is 12.5 Å². The average Bonchev–Trinajstić information content (AvgIpc) is 3.23. The molecule has 1 N–H and O–H groups in total. The fraction of sp³-hybridized carbons (Fsp3) is 0.200. The maximum Gasteiger partial charge on any atom is 0.259 e. The second-order valence-corrected chi connectivity index (χ2v) is 7.29. The van der Waals surface area contributed by atoms with Gasteiger partial charge in [0.25, 0.3) is 5.91 Å². The van der Waals surface area contributed by atoms with E-state index in [0.29, 0.717) is 34.9 Å². The summed E-state index contributed by atoms with van der Waals surface area (Å²) in [5.41, 5.74) is 2.69. The molecule has 0 saturated heterocycles. The van der Waals surface area contributed by atoms with Crippen molar-refractivity contribution in [3.05, 3.63) is 77.9 Å². The highest BCUT2D eigenvalue weighted by Gasteiger charge is 2.38. The van der Waals surface area contributed by atoms with Crippen LogP contribution < -0.4 is 24.4 Å². The number of nitrogens with zero attached hydrogens (tertiary/aromatic N) is 1. The van der Waals surface area contributed by atoms with Crippen LogP contribution in [0.25, 0.3) is 0 Å². The molecular weight excluding hydrogens is 408 g/mol. The van der Waals surface area contributed by atoms with Crippen molar-refractivity contribution >= 4 is 23.2 Å². The van der Waals surface area contributed by atoms with E-state index < -0.39 is 6.04 Å². The number of rotatable bonds is 6. The van der Waals surface area contributed by atoms with Crippen molar-refractivity contribution in [2.75, 3.05) is 31.5 Å². The fourth-order valence-electron chi connectivity index (χ4n) is 3.95. The first-order chi connectivity index (χ1) is 15.6. The second kappa shape index (κ2) is 9.01. The quantitative estimate of drug-likeness (QED) is 0.639. The maximum atomic E-state index is 13.4. The SMILES string of the molecule is COc1cc(NC(=O)[C@@H]2Cc3ccccc3N2C(=O)c2ccccc2)cc(OC)c1OC. The minimum atomic E-state index is -0.695. The van der Waals surface area contributed by atoms with Gasteiger partial charge in [-0.3, -0.25) is 14.5 Å². The first-order valence-corrected chi connectivity index (χ1v) is 10.1. The van der Waals surface area contributed by atoms with Crippen LogP contribution in [0.3, 0.4) is 0 Å². The van der Waals surface area contributed by atoms with Crippen molar-refractivity contribution < 1.29 is 23.8 Å². The first-order valence-electron chi connectivity index (χ1n) is 10.1. The highest BCUT2D eigenvalue weighted by atomic mass is 16.5. The number of hydrogen-bond donors (Lipinski definition) is 1. The number of nitrogens with one attached hydrogen (secondary N) is 1. The lowest BCUT2D eigenvalue weighted by atomic mass is 10.1. The molecule has 7 heteroatoms. The number of methoxy groups -OCH3 is 3. The number of ether oxygens (including phenoxy) is 3. The van der Waals surface area contributed by atoms with Crippen LogP contribution in [0.1, 0.15) is 15.9 Å². The van der Waals surface area contributed by atoms with E-state index in [4.69, 9.17) is 14.2 Å². The van der Waals surface area contributed by atoms with Crippen molar-refractivity contribution in [2.24, 2.45) is 0 Å². The Morgan fingerprint density at radius 1 is 0.875 bits per heavy atom. The van der Waals surface area contributed by atoms with Gasteiger partial charge in [-0.25, -0.2) is 0 Å². The molecule has 4 rings (SSSR count). The van der Waals surface area contributed by atoms with Gasteiger partial charge in [-0.1, -0.05) is 36.4 Å². The molecule has 0 radical (unpaired) electrons. The van der Waals surface area contributed by atoms with Crippen LogP contribution in [0, 0.1) is 0 Å². The van der Waals surface area contributed by atoms with Crippen molar-refractivity contribution in [3.8, 4) is 17.2 Å². The number of para-hydroxylation sites is 1. The van der Waals surface area contributed by atoms with Gasteiger partial charge in [0.1, 0.15) is 6.04 Å². The summed E-state index contributed by atoms with van der Waals surface area (Å²) in [4.78, 5) is 28.3. The van der Waals surface area contributed by atoms with Crippen molar-refractivity contribution in [1.29, 1.82) is 0 Å². The van der Waals surface area contributed by atoms with E-state index >= 15 is 0 Å². The summed E-state index contributed by atoms with van der Waals surface area (Å²) >= 11 is 0. The number of carbonyl (C=O) groups excluding carboxylic acids is 2. The molecule has 1 aliphatic heterocycles. The molecule has 0 bridgehead atoms. The molecule has 164 valence electrons. The summed E-state index contributed by atoms with van der Waals surface area (Å²) in [7, 11) is 4.54. The Hall–Kier alpha value is -4.00. The van der Waals surface area contributed by atoms with E-state index in [-0.39, 0.29) is 11.8 Å². The molecule has 0 saturated carbocycles. The summed E-state index contributed by atoms with van der Waals surface area (Å²) in [5, 5.41) is 2.91. The van der Waals surface area contributed by atoms with Crippen LogP contribution in [0.2, 0.25) is 0 Å². The predicted octanol–water partition coefficient (Wildman–Crippen LogP) is 3.92. The summed E-state index contributed by atoms with van der Waals surface area (Å²) in [6.07, 6.45) is 0.422. The van der Waals surface area contributed by atoms with Crippen molar-refractivity contribution in [3.63, 3.8) is 0 Å². The number of hydrogen-bond acceptors (Lipinski definition) is 5. The van der Waals surface area contributed by atoms with Crippen LogP contribution >= 0.6 is 0 Å². The standard InChI is InChI=1S/C25H24N2O5/c1-30-21-14-18(15-22(31-2)23(21)32-3)26-24(28)20-13-17-11-7-8-12-19(17)27(20)25(29)16-9-5-4-6-10-16/h4-12,14-15,20H,13H2,1-3H3,(H,26,28)/t20-/m0/s1. The zero-order valence-electron chi connectivity index (χ0n) is 18.1. The predicted molar refractivity (Wildman–Crippen MR) is 122 cm³/mol. The number of carbonyl (C=O) groups is 2. The Bertz CT molecular complexity index is 1120. The van der Waals surface area contributed by atoms with Gasteiger partial charge in [-0.05, 0) is 23.8 Å². The molecule has 32 heavy (non-hydrogen) atoms. The molecule has 2 amide bonds. The molecule has 0 aliphatic carbocycles. The largest absolute Gasteiger partial charge is 0.493 e. The summed E-state index contributed by atoms with van der Waals surface area (Å²) in [6, 6.07) is 19.1. The molecule has 0 unspecified atom stereocenters. The molecule has 1 atom stereocenters. The second-order valence-electron chi connectivity index (χ2n) is 7.29. The van der Waals surface area contributed by atoms with Crippen molar-refractivity contribution in [1.82, 2.24) is 0 Å². The number of benzene rings is 3. The highest BCUT2D eigenvalue weighted by Crippen LogP contribution is 2.40. The highest BCUT2D eigenvalue weighted by molar-refractivity contribution is 6.13. The van der Waals surface area contributed by atoms with Gasteiger partial charge in [0.05, 0.1) is 21.3 Å². The zero-order valence-corrected chi connectivity index (χ0v) is 18.1. The first kappa shape index (κ1) is 21.2. The zero-order chi connectivity index (χ0) is 22.7. The molecule has 0 fully saturated rings. The summed E-state index contributed by atoms with van der Waals surface area (Å²) in [5.74, 6) is 0.755. The van der Waals surface area contributed by atoms with Gasteiger partial charge in [0.2, 0.25) is 11.7 Å². The van der Waals surface area contributed by atoms with Gasteiger partial charge < -0.3 is 19.5 Å². The molecule has 7 nitrogen and oxygen atoms in total. The van der Waals surface area contributed by atoms with Crippen LogP contribution in [-0.2, 0) is 11.2 Å². The minimum Gasteiger partial charge on any atom is -0.493 e. The van der Waals surface area contributed by atoms with Crippen LogP contribution in [0.15, 0.2) is 66.7 Å². The smallest absolute Gasteiger partial charge is 0.259 e. The molecule has 0 aromatic heterocycles. The molecule has 3 aromatic rings. The van der Waals surface area contributed by atoms with Gasteiger partial charge in [0.15, 0.2) is 11.5 Å². The van der Waals surface area contributed by atoms with E-state index in [9.17, 15) is 9.59 Å². The molecule has 1 aliphatic rings. The average molecular weight is 432 g/mol. The van der Waals surface area contributed by atoms with E-state index in [1.807, 2.05) is 30.3 Å². The number of amides is 2. The Morgan fingerprint density at radius 3 is 2.12 bits per heavy atom. The van der Waals surface area contributed by atoms with Crippen LogP contribution in [0.5, 0.6) is 17.2 Å². The lowest BCUT2D eigenvalue weighted by molar-refractivity contribution is -0.117. The van der Waals surface area contributed by atoms with Crippen LogP contribution in [-0.4, -0.2) is 39.2 Å². The topological polar surface area (TPSA) is 77.1 Å². The van der Waals surface area contributed by atoms with Gasteiger partial charge >= 0.3 is 0 Å². The summed E-state index contributed by atoms with van der Waals surface area (Å²) in [6.45, 7) is 0. The van der Waals surface area contributed by atoms with Gasteiger partial charge in [0, 0.05) is 35.5 Å². The normalized spacial score (nSPS) is 14.5.